The Balaban J connectivity index is 2.07. The molecular formula is C12H8Cl3N3O. The third kappa shape index (κ3) is 3.56. The molecule has 1 aromatic carbocycles. The van der Waals surface area contributed by atoms with Crippen LogP contribution in [0.2, 0.25) is 15.2 Å². The van der Waals surface area contributed by atoms with E-state index in [1.165, 1.54) is 12.3 Å². The summed E-state index contributed by atoms with van der Waals surface area (Å²) in [4.78, 5) is 11.9. The van der Waals surface area contributed by atoms with Gasteiger partial charge in [0.2, 0.25) is 0 Å². The molecule has 2 rings (SSSR count). The molecule has 0 bridgehead atoms. The molecule has 0 aliphatic rings. The van der Waals surface area contributed by atoms with Crippen LogP contribution in [0.1, 0.15) is 15.9 Å². The Morgan fingerprint density at radius 2 is 2.00 bits per heavy atom. The lowest BCUT2D eigenvalue weighted by Crippen LogP contribution is -2.23. The molecule has 1 amide bonds. The monoisotopic (exact) mass is 315 g/mol. The molecule has 0 unspecified atom stereocenters. The lowest BCUT2D eigenvalue weighted by molar-refractivity contribution is 0.0950. The van der Waals surface area contributed by atoms with Crippen molar-refractivity contribution in [3.05, 3.63) is 56.8 Å². The first kappa shape index (κ1) is 14.1. The van der Waals surface area contributed by atoms with Crippen molar-refractivity contribution in [3.63, 3.8) is 0 Å². The van der Waals surface area contributed by atoms with Gasteiger partial charge >= 0.3 is 0 Å². The summed E-state index contributed by atoms with van der Waals surface area (Å²) >= 11 is 17.6. The van der Waals surface area contributed by atoms with Gasteiger partial charge in [0.25, 0.3) is 5.91 Å². The largest absolute Gasteiger partial charge is 0.348 e. The number of carbonyl (C=O) groups is 1. The maximum Gasteiger partial charge on any atom is 0.254 e. The van der Waals surface area contributed by atoms with Crippen molar-refractivity contribution in [1.29, 1.82) is 0 Å². The molecule has 0 fully saturated rings. The Hall–Kier alpha value is -1.36. The van der Waals surface area contributed by atoms with Crippen LogP contribution in [-0.4, -0.2) is 16.1 Å². The smallest absolute Gasteiger partial charge is 0.254 e. The van der Waals surface area contributed by atoms with E-state index in [9.17, 15) is 4.79 Å². The molecule has 0 saturated carbocycles. The SMILES string of the molecule is O=C(NCc1ccc(Cl)cc1Cl)c1ccnnc1Cl. The van der Waals surface area contributed by atoms with Gasteiger partial charge in [0.05, 0.1) is 11.8 Å². The van der Waals surface area contributed by atoms with E-state index in [1.54, 1.807) is 18.2 Å². The number of nitrogens with one attached hydrogen (secondary N) is 1. The Bertz CT molecular complexity index is 619. The van der Waals surface area contributed by atoms with E-state index in [1.807, 2.05) is 0 Å². The molecule has 0 saturated heterocycles. The molecule has 19 heavy (non-hydrogen) atoms. The van der Waals surface area contributed by atoms with Gasteiger partial charge in [-0.05, 0) is 23.8 Å². The van der Waals surface area contributed by atoms with Crippen LogP contribution >= 0.6 is 34.8 Å². The van der Waals surface area contributed by atoms with Gasteiger partial charge < -0.3 is 5.32 Å². The summed E-state index contributed by atoms with van der Waals surface area (Å²) in [5, 5.41) is 11.0. The number of hydrogen-bond donors (Lipinski definition) is 1. The van der Waals surface area contributed by atoms with Gasteiger partial charge in [-0.15, -0.1) is 5.10 Å². The summed E-state index contributed by atoms with van der Waals surface area (Å²) in [6, 6.07) is 6.56. The lowest BCUT2D eigenvalue weighted by atomic mass is 10.2. The average Bonchev–Trinajstić information content (AvgIpc) is 2.38. The molecule has 98 valence electrons. The fraction of sp³-hybridized carbons (Fsp3) is 0.0833. The molecule has 4 nitrogen and oxygen atoms in total. The molecule has 0 spiro atoms. The second-order valence-corrected chi connectivity index (χ2v) is 4.86. The molecule has 1 N–H and O–H groups in total. The van der Waals surface area contributed by atoms with Crippen LogP contribution in [0.25, 0.3) is 0 Å². The summed E-state index contributed by atoms with van der Waals surface area (Å²) < 4.78 is 0. The van der Waals surface area contributed by atoms with Crippen molar-refractivity contribution in [2.24, 2.45) is 0 Å². The fourth-order valence-corrected chi connectivity index (χ4v) is 2.09. The minimum absolute atomic E-state index is 0.0576. The second kappa shape index (κ2) is 6.19. The maximum absolute atomic E-state index is 11.9. The van der Waals surface area contributed by atoms with Crippen LogP contribution in [0.3, 0.4) is 0 Å². The number of aromatic nitrogens is 2. The number of hydrogen-bond acceptors (Lipinski definition) is 3. The first-order valence-corrected chi connectivity index (χ1v) is 6.40. The molecule has 0 aliphatic heterocycles. The van der Waals surface area contributed by atoms with Crippen LogP contribution in [0.15, 0.2) is 30.5 Å². The third-order valence-electron chi connectivity index (χ3n) is 2.37. The predicted molar refractivity (Wildman–Crippen MR) is 74.7 cm³/mol. The zero-order valence-corrected chi connectivity index (χ0v) is 11.8. The second-order valence-electron chi connectivity index (χ2n) is 3.65. The third-order valence-corrected chi connectivity index (χ3v) is 3.24. The summed E-state index contributed by atoms with van der Waals surface area (Å²) in [6.07, 6.45) is 1.40. The number of amides is 1. The van der Waals surface area contributed by atoms with E-state index in [-0.39, 0.29) is 23.2 Å². The van der Waals surface area contributed by atoms with E-state index in [0.29, 0.717) is 10.0 Å². The van der Waals surface area contributed by atoms with Gasteiger partial charge in [-0.25, -0.2) is 0 Å². The highest BCUT2D eigenvalue weighted by Crippen LogP contribution is 2.21. The highest BCUT2D eigenvalue weighted by molar-refractivity contribution is 6.35. The van der Waals surface area contributed by atoms with E-state index in [2.05, 4.69) is 15.5 Å². The van der Waals surface area contributed by atoms with Crippen LogP contribution in [-0.2, 0) is 6.54 Å². The van der Waals surface area contributed by atoms with Gasteiger partial charge in [-0.1, -0.05) is 40.9 Å². The van der Waals surface area contributed by atoms with Gasteiger partial charge in [-0.2, -0.15) is 5.10 Å². The average molecular weight is 317 g/mol. The summed E-state index contributed by atoms with van der Waals surface area (Å²) in [7, 11) is 0. The van der Waals surface area contributed by atoms with Crippen molar-refractivity contribution in [2.75, 3.05) is 0 Å². The zero-order chi connectivity index (χ0) is 13.8. The van der Waals surface area contributed by atoms with Crippen LogP contribution < -0.4 is 5.32 Å². The molecule has 1 heterocycles. The lowest BCUT2D eigenvalue weighted by Gasteiger charge is -2.07. The summed E-state index contributed by atoms with van der Waals surface area (Å²) in [5.41, 5.74) is 1.03. The Kier molecular flexibility index (Phi) is 4.58. The van der Waals surface area contributed by atoms with Crippen LogP contribution in [0.4, 0.5) is 0 Å². The topological polar surface area (TPSA) is 54.9 Å². The first-order chi connectivity index (χ1) is 9.08. The van der Waals surface area contributed by atoms with Crippen molar-refractivity contribution in [1.82, 2.24) is 15.5 Å². The number of halogens is 3. The van der Waals surface area contributed by atoms with Crippen LogP contribution in [0.5, 0.6) is 0 Å². The van der Waals surface area contributed by atoms with Gasteiger partial charge in [-0.3, -0.25) is 4.79 Å². The Labute approximate surface area is 124 Å². The van der Waals surface area contributed by atoms with Gasteiger partial charge in [0, 0.05) is 16.6 Å². The van der Waals surface area contributed by atoms with Crippen molar-refractivity contribution in [2.45, 2.75) is 6.54 Å². The van der Waals surface area contributed by atoms with Crippen molar-refractivity contribution >= 4 is 40.7 Å². The predicted octanol–water partition coefficient (Wildman–Crippen LogP) is 3.37. The fourth-order valence-electron chi connectivity index (χ4n) is 1.42. The highest BCUT2D eigenvalue weighted by Gasteiger charge is 2.11. The van der Waals surface area contributed by atoms with E-state index in [4.69, 9.17) is 34.8 Å². The number of nitrogens with zero attached hydrogens (tertiary/aromatic N) is 2. The number of rotatable bonds is 3. The minimum Gasteiger partial charge on any atom is -0.348 e. The standard InChI is InChI=1S/C12H8Cl3N3O/c13-8-2-1-7(10(14)5-8)6-16-12(19)9-3-4-17-18-11(9)15/h1-5H,6H2,(H,16,19). The quantitative estimate of drug-likeness (QED) is 0.944. The summed E-state index contributed by atoms with van der Waals surface area (Å²) in [6.45, 7) is 0.271. The Morgan fingerprint density at radius 3 is 2.68 bits per heavy atom. The molecule has 0 aliphatic carbocycles. The molecular weight excluding hydrogens is 309 g/mol. The molecule has 0 atom stereocenters. The number of carbonyl (C=O) groups excluding carboxylic acids is 1. The van der Waals surface area contributed by atoms with Crippen molar-refractivity contribution < 1.29 is 4.79 Å². The highest BCUT2D eigenvalue weighted by atomic mass is 35.5. The Morgan fingerprint density at radius 1 is 1.21 bits per heavy atom. The minimum atomic E-state index is -0.342. The molecule has 7 heteroatoms. The van der Waals surface area contributed by atoms with Crippen LogP contribution in [0, 0.1) is 0 Å². The molecule has 1 aromatic heterocycles. The summed E-state index contributed by atoms with van der Waals surface area (Å²) in [5.74, 6) is -0.342. The van der Waals surface area contributed by atoms with E-state index in [0.717, 1.165) is 5.56 Å². The van der Waals surface area contributed by atoms with Crippen molar-refractivity contribution in [3.8, 4) is 0 Å². The van der Waals surface area contributed by atoms with E-state index >= 15 is 0 Å². The van der Waals surface area contributed by atoms with Gasteiger partial charge in [0.15, 0.2) is 5.15 Å². The molecule has 0 radical (unpaired) electrons. The van der Waals surface area contributed by atoms with E-state index < -0.39 is 0 Å². The first-order valence-electron chi connectivity index (χ1n) is 5.27. The normalized spacial score (nSPS) is 10.3. The zero-order valence-electron chi connectivity index (χ0n) is 9.53. The molecule has 2 aromatic rings. The van der Waals surface area contributed by atoms with Gasteiger partial charge in [0.1, 0.15) is 0 Å². The maximum atomic E-state index is 11.9. The number of benzene rings is 1.